The summed E-state index contributed by atoms with van der Waals surface area (Å²) < 4.78 is 16.6. The van der Waals surface area contributed by atoms with Gasteiger partial charge in [-0.2, -0.15) is 0 Å². The highest BCUT2D eigenvalue weighted by molar-refractivity contribution is 5.05. The van der Waals surface area contributed by atoms with Crippen molar-refractivity contribution >= 4 is 0 Å². The van der Waals surface area contributed by atoms with Crippen LogP contribution in [0.1, 0.15) is 26.7 Å². The van der Waals surface area contributed by atoms with E-state index in [0.717, 1.165) is 26.1 Å². The molecule has 0 fully saturated rings. The highest BCUT2D eigenvalue weighted by atomic mass is 16.8. The van der Waals surface area contributed by atoms with Crippen LogP contribution in [0.25, 0.3) is 0 Å². The summed E-state index contributed by atoms with van der Waals surface area (Å²) in [6.07, 6.45) is 5.55. The Morgan fingerprint density at radius 3 is 1.87 bits per heavy atom. The van der Waals surface area contributed by atoms with Crippen LogP contribution < -0.4 is 0 Å². The Bertz CT molecular complexity index is 253. The van der Waals surface area contributed by atoms with Gasteiger partial charge in [-0.1, -0.05) is 11.1 Å². The van der Waals surface area contributed by atoms with Crippen LogP contribution in [-0.4, -0.2) is 25.8 Å². The molecule has 0 aromatic rings. The molecule has 0 saturated heterocycles. The van der Waals surface area contributed by atoms with Crippen LogP contribution in [0.2, 0.25) is 0 Å². The van der Waals surface area contributed by atoms with E-state index in [0.29, 0.717) is 0 Å². The van der Waals surface area contributed by atoms with Gasteiger partial charge in [-0.05, 0) is 38.8 Å². The zero-order valence-electron chi connectivity index (χ0n) is 9.36. The maximum Gasteiger partial charge on any atom is 0.180 e. The molecule has 0 amide bonds. The van der Waals surface area contributed by atoms with Crippen molar-refractivity contribution in [1.29, 1.82) is 0 Å². The van der Waals surface area contributed by atoms with Gasteiger partial charge in [0.2, 0.25) is 0 Å². The van der Waals surface area contributed by atoms with Gasteiger partial charge in [0.25, 0.3) is 0 Å². The van der Waals surface area contributed by atoms with Crippen molar-refractivity contribution in [2.24, 2.45) is 0 Å². The monoisotopic (exact) mass is 210 g/mol. The molecule has 84 valence electrons. The Kier molecular flexibility index (Phi) is 3.57. The minimum absolute atomic E-state index is 0.245. The van der Waals surface area contributed by atoms with Gasteiger partial charge in [-0.15, -0.1) is 0 Å². The van der Waals surface area contributed by atoms with Gasteiger partial charge in [-0.3, -0.25) is 0 Å². The van der Waals surface area contributed by atoms with E-state index >= 15 is 0 Å². The van der Waals surface area contributed by atoms with E-state index in [1.807, 2.05) is 12.2 Å². The maximum atomic E-state index is 5.68. The lowest BCUT2D eigenvalue weighted by molar-refractivity contribution is -0.213. The predicted octanol–water partition coefficient (Wildman–Crippen LogP) is 2.39. The van der Waals surface area contributed by atoms with Crippen molar-refractivity contribution in [3.05, 3.63) is 23.3 Å². The second-order valence-electron chi connectivity index (χ2n) is 4.14. The van der Waals surface area contributed by atoms with Gasteiger partial charge in [0.1, 0.15) is 0 Å². The van der Waals surface area contributed by atoms with Crippen molar-refractivity contribution in [2.45, 2.75) is 39.3 Å². The van der Waals surface area contributed by atoms with Crippen molar-refractivity contribution < 1.29 is 14.2 Å². The van der Waals surface area contributed by atoms with Gasteiger partial charge in [0.15, 0.2) is 12.6 Å². The van der Waals surface area contributed by atoms with Gasteiger partial charge in [0, 0.05) is 0 Å². The van der Waals surface area contributed by atoms with Crippen LogP contribution >= 0.6 is 0 Å². The summed E-state index contributed by atoms with van der Waals surface area (Å²) in [4.78, 5) is 0. The molecule has 3 nitrogen and oxygen atoms in total. The van der Waals surface area contributed by atoms with Gasteiger partial charge < -0.3 is 14.2 Å². The van der Waals surface area contributed by atoms with Crippen LogP contribution in [0.3, 0.4) is 0 Å². The largest absolute Gasteiger partial charge is 0.348 e. The molecule has 2 aliphatic rings. The van der Waals surface area contributed by atoms with Crippen LogP contribution in [-0.2, 0) is 14.2 Å². The first-order valence-corrected chi connectivity index (χ1v) is 5.47. The first kappa shape index (κ1) is 10.9. The Morgan fingerprint density at radius 2 is 1.47 bits per heavy atom. The van der Waals surface area contributed by atoms with E-state index in [4.69, 9.17) is 14.2 Å². The quantitative estimate of drug-likeness (QED) is 0.655. The lowest BCUT2D eigenvalue weighted by Gasteiger charge is -2.27. The SMILES string of the molecule is CC1=CC(OC2C=C(C)CCO2)OCC1. The second kappa shape index (κ2) is 4.92. The lowest BCUT2D eigenvalue weighted by atomic mass is 10.2. The smallest absolute Gasteiger partial charge is 0.180 e. The third kappa shape index (κ3) is 3.16. The predicted molar refractivity (Wildman–Crippen MR) is 57.3 cm³/mol. The molecule has 0 bridgehead atoms. The molecule has 2 unspecified atom stereocenters. The molecule has 2 atom stereocenters. The standard InChI is InChI=1S/C12H18O3/c1-9-3-5-13-11(7-9)15-12-8-10(2)4-6-14-12/h7-8,11-12H,3-6H2,1-2H3. The van der Waals surface area contributed by atoms with E-state index < -0.39 is 0 Å². The van der Waals surface area contributed by atoms with Crippen molar-refractivity contribution in [3.8, 4) is 0 Å². The van der Waals surface area contributed by atoms with Crippen molar-refractivity contribution in [2.75, 3.05) is 13.2 Å². The van der Waals surface area contributed by atoms with E-state index in [9.17, 15) is 0 Å². The van der Waals surface area contributed by atoms with Gasteiger partial charge >= 0.3 is 0 Å². The third-order valence-corrected chi connectivity index (χ3v) is 2.67. The molecule has 0 saturated carbocycles. The van der Waals surface area contributed by atoms with E-state index in [1.165, 1.54) is 11.1 Å². The molecule has 15 heavy (non-hydrogen) atoms. The topological polar surface area (TPSA) is 27.7 Å². The summed E-state index contributed by atoms with van der Waals surface area (Å²) in [5.41, 5.74) is 2.64. The molecule has 2 heterocycles. The first-order valence-electron chi connectivity index (χ1n) is 5.47. The summed E-state index contributed by atoms with van der Waals surface area (Å²) in [5.74, 6) is 0. The number of hydrogen-bond acceptors (Lipinski definition) is 3. The molecule has 0 aliphatic carbocycles. The van der Waals surface area contributed by atoms with Crippen LogP contribution in [0, 0.1) is 0 Å². The Morgan fingerprint density at radius 1 is 1.00 bits per heavy atom. The van der Waals surface area contributed by atoms with Crippen molar-refractivity contribution in [1.82, 2.24) is 0 Å². The fourth-order valence-electron chi connectivity index (χ4n) is 1.69. The summed E-state index contributed by atoms with van der Waals surface area (Å²) in [7, 11) is 0. The molecule has 0 spiro atoms. The number of ether oxygens (including phenoxy) is 3. The van der Waals surface area contributed by atoms with Crippen LogP contribution in [0.5, 0.6) is 0 Å². The van der Waals surface area contributed by atoms with E-state index in [2.05, 4.69) is 13.8 Å². The van der Waals surface area contributed by atoms with Gasteiger partial charge in [-0.25, -0.2) is 0 Å². The lowest BCUT2D eigenvalue weighted by Crippen LogP contribution is -2.29. The molecule has 2 aliphatic heterocycles. The third-order valence-electron chi connectivity index (χ3n) is 2.67. The molecule has 0 aromatic carbocycles. The normalized spacial score (nSPS) is 32.1. The first-order chi connectivity index (χ1) is 7.24. The summed E-state index contributed by atoms with van der Waals surface area (Å²) in [6.45, 7) is 5.67. The Labute approximate surface area is 90.7 Å². The molecule has 0 N–H and O–H groups in total. The summed E-state index contributed by atoms with van der Waals surface area (Å²) in [5, 5.41) is 0. The molecule has 3 heteroatoms. The van der Waals surface area contributed by atoms with Crippen molar-refractivity contribution in [3.63, 3.8) is 0 Å². The number of hydrogen-bond donors (Lipinski definition) is 0. The van der Waals surface area contributed by atoms with Crippen LogP contribution in [0.15, 0.2) is 23.3 Å². The fourth-order valence-corrected chi connectivity index (χ4v) is 1.69. The Balaban J connectivity index is 1.91. The summed E-state index contributed by atoms with van der Waals surface area (Å²) in [6, 6.07) is 0. The van der Waals surface area contributed by atoms with E-state index in [-0.39, 0.29) is 12.6 Å². The number of rotatable bonds is 2. The minimum atomic E-state index is -0.245. The zero-order chi connectivity index (χ0) is 10.7. The highest BCUT2D eigenvalue weighted by Crippen LogP contribution is 2.19. The zero-order valence-corrected chi connectivity index (χ0v) is 9.36. The average molecular weight is 210 g/mol. The molecule has 2 rings (SSSR count). The molecular weight excluding hydrogens is 192 g/mol. The Hall–Kier alpha value is -0.640. The minimum Gasteiger partial charge on any atom is -0.348 e. The molecule has 0 aromatic heterocycles. The fraction of sp³-hybridized carbons (Fsp3) is 0.667. The second-order valence-corrected chi connectivity index (χ2v) is 4.14. The highest BCUT2D eigenvalue weighted by Gasteiger charge is 2.19. The molecular formula is C12H18O3. The molecule has 0 radical (unpaired) electrons. The van der Waals surface area contributed by atoms with Gasteiger partial charge in [0.05, 0.1) is 13.2 Å². The summed E-state index contributed by atoms with van der Waals surface area (Å²) >= 11 is 0. The van der Waals surface area contributed by atoms with Crippen LogP contribution in [0.4, 0.5) is 0 Å². The maximum absolute atomic E-state index is 5.68. The average Bonchev–Trinajstić information content (AvgIpc) is 2.17. The van der Waals surface area contributed by atoms with E-state index in [1.54, 1.807) is 0 Å².